The number of hydrogen-bond acceptors (Lipinski definition) is 6. The van der Waals surface area contributed by atoms with Crippen LogP contribution in [0, 0.1) is 0 Å². The van der Waals surface area contributed by atoms with Gasteiger partial charge < -0.3 is 14.8 Å². The molecule has 0 atom stereocenters. The molecule has 0 aliphatic carbocycles. The molecule has 0 radical (unpaired) electrons. The predicted octanol–water partition coefficient (Wildman–Crippen LogP) is 2.65. The molecule has 106 valence electrons. The van der Waals surface area contributed by atoms with Gasteiger partial charge in [0.15, 0.2) is 0 Å². The van der Waals surface area contributed by atoms with Gasteiger partial charge in [0, 0.05) is 11.0 Å². The Labute approximate surface area is 125 Å². The fraction of sp³-hybridized carbons (Fsp3) is 0.308. The van der Waals surface area contributed by atoms with Crippen LogP contribution in [0.2, 0.25) is 0 Å². The van der Waals surface area contributed by atoms with Crippen LogP contribution in [0.1, 0.15) is 12.5 Å². The Kier molecular flexibility index (Phi) is 5.11. The van der Waals surface area contributed by atoms with Gasteiger partial charge in [-0.05, 0) is 24.6 Å². The maximum atomic E-state index is 5.56. The van der Waals surface area contributed by atoms with Crippen molar-refractivity contribution in [1.82, 2.24) is 15.0 Å². The summed E-state index contributed by atoms with van der Waals surface area (Å²) in [6.45, 7) is 3.05. The van der Waals surface area contributed by atoms with Crippen molar-refractivity contribution < 1.29 is 9.47 Å². The number of hydrogen-bond donors (Lipinski definition) is 1. The van der Waals surface area contributed by atoms with Crippen molar-refractivity contribution in [3.63, 3.8) is 0 Å². The third kappa shape index (κ3) is 4.06. The molecule has 0 bridgehead atoms. The van der Waals surface area contributed by atoms with E-state index in [0.717, 1.165) is 10.0 Å². The number of aromatic nitrogens is 3. The van der Waals surface area contributed by atoms with Crippen LogP contribution in [0.4, 0.5) is 5.95 Å². The van der Waals surface area contributed by atoms with E-state index in [9.17, 15) is 0 Å². The van der Waals surface area contributed by atoms with Crippen LogP contribution in [0.3, 0.4) is 0 Å². The number of methoxy groups -OCH3 is 1. The van der Waals surface area contributed by atoms with E-state index < -0.39 is 0 Å². The molecule has 0 unspecified atom stereocenters. The molecule has 0 aliphatic heterocycles. The molecule has 1 aromatic carbocycles. The Balaban J connectivity index is 2.07. The smallest absolute Gasteiger partial charge is 0.324 e. The highest BCUT2D eigenvalue weighted by atomic mass is 79.9. The zero-order valence-corrected chi connectivity index (χ0v) is 12.8. The molecule has 1 aromatic heterocycles. The molecular weight excluding hydrogens is 324 g/mol. The van der Waals surface area contributed by atoms with Gasteiger partial charge in [-0.2, -0.15) is 9.97 Å². The largest absolute Gasteiger partial charge is 0.467 e. The summed E-state index contributed by atoms with van der Waals surface area (Å²) in [4.78, 5) is 12.3. The molecule has 0 saturated heterocycles. The molecule has 0 spiro atoms. The van der Waals surface area contributed by atoms with Gasteiger partial charge >= 0.3 is 12.0 Å². The Morgan fingerprint density at radius 1 is 1.10 bits per heavy atom. The Morgan fingerprint density at radius 2 is 1.80 bits per heavy atom. The molecule has 0 amide bonds. The average molecular weight is 339 g/mol. The first-order chi connectivity index (χ1) is 9.71. The molecule has 6 nitrogen and oxygen atoms in total. The lowest BCUT2D eigenvalue weighted by atomic mass is 10.2. The molecule has 0 aliphatic rings. The lowest BCUT2D eigenvalue weighted by Crippen LogP contribution is -2.07. The summed E-state index contributed by atoms with van der Waals surface area (Å²) in [7, 11) is 1.50. The standard InChI is InChI=1S/C13H15BrN4O2/c1-3-15-11-16-12(19-2)18-13(17-11)20-8-9-4-6-10(14)7-5-9/h4-7H,3,8H2,1-2H3,(H,15,16,17,18). The highest BCUT2D eigenvalue weighted by molar-refractivity contribution is 9.10. The van der Waals surface area contributed by atoms with E-state index in [4.69, 9.17) is 9.47 Å². The van der Waals surface area contributed by atoms with Gasteiger partial charge in [0.05, 0.1) is 7.11 Å². The van der Waals surface area contributed by atoms with Gasteiger partial charge in [-0.25, -0.2) is 0 Å². The third-order valence-corrected chi connectivity index (χ3v) is 2.92. The van der Waals surface area contributed by atoms with Crippen LogP contribution in [-0.4, -0.2) is 28.6 Å². The van der Waals surface area contributed by atoms with Crippen molar-refractivity contribution in [3.8, 4) is 12.0 Å². The normalized spacial score (nSPS) is 10.2. The molecule has 2 aromatic rings. The number of anilines is 1. The summed E-state index contributed by atoms with van der Waals surface area (Å²) >= 11 is 3.39. The molecule has 1 heterocycles. The van der Waals surface area contributed by atoms with Crippen molar-refractivity contribution in [3.05, 3.63) is 34.3 Å². The fourth-order valence-corrected chi connectivity index (χ4v) is 1.72. The van der Waals surface area contributed by atoms with Crippen LogP contribution in [0.15, 0.2) is 28.7 Å². The lowest BCUT2D eigenvalue weighted by Gasteiger charge is -2.08. The van der Waals surface area contributed by atoms with Crippen molar-refractivity contribution >= 4 is 21.9 Å². The van der Waals surface area contributed by atoms with E-state index in [1.165, 1.54) is 7.11 Å². The molecule has 0 saturated carbocycles. The van der Waals surface area contributed by atoms with E-state index in [2.05, 4.69) is 36.2 Å². The van der Waals surface area contributed by atoms with Crippen molar-refractivity contribution in [2.45, 2.75) is 13.5 Å². The Hall–Kier alpha value is -1.89. The van der Waals surface area contributed by atoms with Gasteiger partial charge in [0.25, 0.3) is 0 Å². The van der Waals surface area contributed by atoms with Gasteiger partial charge in [-0.1, -0.05) is 28.1 Å². The second-order valence-corrected chi connectivity index (χ2v) is 4.79. The summed E-state index contributed by atoms with van der Waals surface area (Å²) in [5.41, 5.74) is 1.03. The first-order valence-corrected chi connectivity index (χ1v) is 6.91. The highest BCUT2D eigenvalue weighted by Gasteiger charge is 2.07. The van der Waals surface area contributed by atoms with Crippen molar-refractivity contribution in [1.29, 1.82) is 0 Å². The second kappa shape index (κ2) is 7.04. The number of rotatable bonds is 6. The molecular formula is C13H15BrN4O2. The molecule has 0 fully saturated rings. The minimum atomic E-state index is 0.224. The number of benzene rings is 1. The lowest BCUT2D eigenvalue weighted by molar-refractivity contribution is 0.271. The van der Waals surface area contributed by atoms with Gasteiger partial charge in [0.1, 0.15) is 6.61 Å². The first-order valence-electron chi connectivity index (χ1n) is 6.12. The first kappa shape index (κ1) is 14.5. The van der Waals surface area contributed by atoms with Gasteiger partial charge in [-0.15, -0.1) is 4.98 Å². The summed E-state index contributed by atoms with van der Waals surface area (Å²) < 4.78 is 11.6. The average Bonchev–Trinajstić information content (AvgIpc) is 2.47. The fourth-order valence-electron chi connectivity index (χ4n) is 1.46. The molecule has 2 rings (SSSR count). The van der Waals surface area contributed by atoms with Crippen LogP contribution in [0.5, 0.6) is 12.0 Å². The molecule has 1 N–H and O–H groups in total. The Morgan fingerprint density at radius 3 is 2.45 bits per heavy atom. The maximum absolute atomic E-state index is 5.56. The predicted molar refractivity (Wildman–Crippen MR) is 79.0 cm³/mol. The summed E-state index contributed by atoms with van der Waals surface area (Å²) in [6, 6.07) is 8.30. The minimum absolute atomic E-state index is 0.224. The topological polar surface area (TPSA) is 69.2 Å². The number of ether oxygens (including phenoxy) is 2. The quantitative estimate of drug-likeness (QED) is 0.873. The zero-order valence-electron chi connectivity index (χ0n) is 11.3. The van der Waals surface area contributed by atoms with Gasteiger partial charge in [-0.3, -0.25) is 0 Å². The number of nitrogens with one attached hydrogen (secondary N) is 1. The van der Waals surface area contributed by atoms with E-state index in [-0.39, 0.29) is 12.0 Å². The van der Waals surface area contributed by atoms with Gasteiger partial charge in [0.2, 0.25) is 5.95 Å². The van der Waals surface area contributed by atoms with E-state index in [0.29, 0.717) is 19.1 Å². The molecule has 7 heteroatoms. The summed E-state index contributed by atoms with van der Waals surface area (Å²) in [6.07, 6.45) is 0. The van der Waals surface area contributed by atoms with E-state index in [1.54, 1.807) is 0 Å². The van der Waals surface area contributed by atoms with Crippen LogP contribution >= 0.6 is 15.9 Å². The minimum Gasteiger partial charge on any atom is -0.467 e. The van der Waals surface area contributed by atoms with Crippen molar-refractivity contribution in [2.75, 3.05) is 19.0 Å². The third-order valence-electron chi connectivity index (χ3n) is 2.39. The van der Waals surface area contributed by atoms with Crippen LogP contribution in [-0.2, 0) is 6.61 Å². The summed E-state index contributed by atoms with van der Waals surface area (Å²) in [5, 5.41) is 3.00. The highest BCUT2D eigenvalue weighted by Crippen LogP contribution is 2.15. The zero-order chi connectivity index (χ0) is 14.4. The SMILES string of the molecule is CCNc1nc(OC)nc(OCc2ccc(Br)cc2)n1. The van der Waals surface area contributed by atoms with E-state index >= 15 is 0 Å². The van der Waals surface area contributed by atoms with Crippen molar-refractivity contribution in [2.24, 2.45) is 0 Å². The number of nitrogens with zero attached hydrogens (tertiary/aromatic N) is 3. The Bertz CT molecular complexity index is 563. The van der Waals surface area contributed by atoms with Crippen LogP contribution < -0.4 is 14.8 Å². The summed E-state index contributed by atoms with van der Waals surface area (Å²) in [5.74, 6) is 0.435. The van der Waals surface area contributed by atoms with Crippen LogP contribution in [0.25, 0.3) is 0 Å². The second-order valence-electron chi connectivity index (χ2n) is 3.87. The molecule has 20 heavy (non-hydrogen) atoms. The number of halogens is 1. The monoisotopic (exact) mass is 338 g/mol. The maximum Gasteiger partial charge on any atom is 0.324 e. The van der Waals surface area contributed by atoms with E-state index in [1.807, 2.05) is 31.2 Å².